The van der Waals surface area contributed by atoms with E-state index in [2.05, 4.69) is 0 Å². The highest BCUT2D eigenvalue weighted by molar-refractivity contribution is 5.75. The maximum atomic E-state index is 9.48. The molecule has 114 valence electrons. The maximum absolute atomic E-state index is 9.48. The Labute approximate surface area is 134 Å². The molecule has 0 unspecified atom stereocenters. The summed E-state index contributed by atoms with van der Waals surface area (Å²) < 4.78 is 0. The zero-order valence-corrected chi connectivity index (χ0v) is 12.7. The number of benzene rings is 2. The summed E-state index contributed by atoms with van der Waals surface area (Å²) >= 11 is 0. The van der Waals surface area contributed by atoms with Gasteiger partial charge in [0, 0.05) is 17.3 Å². The summed E-state index contributed by atoms with van der Waals surface area (Å²) in [5.74, 6) is 0.546. The van der Waals surface area contributed by atoms with Crippen LogP contribution in [0.25, 0.3) is 22.4 Å². The van der Waals surface area contributed by atoms with Crippen molar-refractivity contribution in [3.63, 3.8) is 0 Å². The summed E-state index contributed by atoms with van der Waals surface area (Å²) in [6, 6.07) is 14.5. The van der Waals surface area contributed by atoms with E-state index < -0.39 is 0 Å². The van der Waals surface area contributed by atoms with Crippen LogP contribution in [-0.4, -0.2) is 15.2 Å². The molecule has 0 fully saturated rings. The molecule has 4 rings (SSSR count). The van der Waals surface area contributed by atoms with Crippen molar-refractivity contribution in [2.24, 2.45) is 0 Å². The van der Waals surface area contributed by atoms with Gasteiger partial charge in [0.15, 0.2) is 0 Å². The predicted octanol–water partition coefficient (Wildman–Crippen LogP) is 4.32. The van der Waals surface area contributed by atoms with Gasteiger partial charge >= 0.3 is 0 Å². The first-order valence-corrected chi connectivity index (χ1v) is 7.82. The maximum Gasteiger partial charge on any atom is 0.115 e. The van der Waals surface area contributed by atoms with E-state index in [1.165, 1.54) is 11.1 Å². The second-order valence-electron chi connectivity index (χ2n) is 5.92. The van der Waals surface area contributed by atoms with Crippen LogP contribution < -0.4 is 0 Å². The Bertz CT molecular complexity index is 780. The van der Waals surface area contributed by atoms with Crippen molar-refractivity contribution >= 4 is 0 Å². The van der Waals surface area contributed by atoms with E-state index in [1.807, 2.05) is 30.5 Å². The molecule has 0 aliphatic heterocycles. The number of rotatable bonds is 2. The van der Waals surface area contributed by atoms with E-state index in [4.69, 9.17) is 4.98 Å². The van der Waals surface area contributed by atoms with Crippen LogP contribution in [0.2, 0.25) is 0 Å². The lowest BCUT2D eigenvalue weighted by Crippen LogP contribution is -1.96. The largest absolute Gasteiger partial charge is 0.508 e. The number of hydrogen-bond acceptors (Lipinski definition) is 3. The minimum Gasteiger partial charge on any atom is -0.508 e. The van der Waals surface area contributed by atoms with Gasteiger partial charge in [-0.15, -0.1) is 0 Å². The minimum absolute atomic E-state index is 0.270. The van der Waals surface area contributed by atoms with Crippen molar-refractivity contribution in [1.82, 2.24) is 4.98 Å². The highest BCUT2D eigenvalue weighted by Gasteiger charge is 2.21. The fraction of sp³-hybridized carbons (Fsp3) is 0.150. The average Bonchev–Trinajstić information content (AvgIpc) is 3.05. The Morgan fingerprint density at radius 2 is 1.26 bits per heavy atom. The highest BCUT2D eigenvalue weighted by Crippen LogP contribution is 2.37. The van der Waals surface area contributed by atoms with Crippen molar-refractivity contribution in [3.05, 3.63) is 65.9 Å². The molecular formula is C20H17NO2. The summed E-state index contributed by atoms with van der Waals surface area (Å²) in [7, 11) is 0. The molecule has 0 amide bonds. The Hall–Kier alpha value is -2.81. The lowest BCUT2D eigenvalue weighted by Gasteiger charge is -2.13. The number of aromatic hydroxyl groups is 2. The smallest absolute Gasteiger partial charge is 0.115 e. The molecule has 2 N–H and O–H groups in total. The molecule has 0 radical (unpaired) electrons. The normalized spacial score (nSPS) is 13.0. The second kappa shape index (κ2) is 5.43. The Kier molecular flexibility index (Phi) is 3.27. The summed E-state index contributed by atoms with van der Waals surface area (Å²) in [6.07, 6.45) is 5.15. The fourth-order valence-corrected chi connectivity index (χ4v) is 3.35. The molecule has 3 heteroatoms. The van der Waals surface area contributed by atoms with Gasteiger partial charge in [0.25, 0.3) is 0 Å². The lowest BCUT2D eigenvalue weighted by molar-refractivity contribution is 0.475. The second-order valence-corrected chi connectivity index (χ2v) is 5.92. The van der Waals surface area contributed by atoms with Crippen molar-refractivity contribution in [2.75, 3.05) is 0 Å². The van der Waals surface area contributed by atoms with Gasteiger partial charge < -0.3 is 10.2 Å². The number of phenolic OH excluding ortho intramolecular Hbond substituents is 2. The predicted molar refractivity (Wildman–Crippen MR) is 90.5 cm³/mol. The molecule has 3 aromatic rings. The third kappa shape index (κ3) is 2.44. The zero-order valence-electron chi connectivity index (χ0n) is 12.7. The van der Waals surface area contributed by atoms with Gasteiger partial charge in [-0.05, 0) is 72.4 Å². The van der Waals surface area contributed by atoms with Crippen LogP contribution in [0.3, 0.4) is 0 Å². The molecule has 23 heavy (non-hydrogen) atoms. The first-order valence-electron chi connectivity index (χ1n) is 7.82. The number of fused-ring (bicyclic) bond motifs is 1. The number of pyridine rings is 1. The van der Waals surface area contributed by atoms with Crippen LogP contribution in [0, 0.1) is 0 Å². The highest BCUT2D eigenvalue weighted by atomic mass is 16.3. The topological polar surface area (TPSA) is 53.4 Å². The van der Waals surface area contributed by atoms with Crippen molar-refractivity contribution in [3.8, 4) is 33.9 Å². The fourth-order valence-electron chi connectivity index (χ4n) is 3.35. The summed E-state index contributed by atoms with van der Waals surface area (Å²) in [6.45, 7) is 0. The van der Waals surface area contributed by atoms with Crippen LogP contribution >= 0.6 is 0 Å². The molecule has 0 bridgehead atoms. The molecule has 0 spiro atoms. The van der Waals surface area contributed by atoms with Gasteiger partial charge in [0.2, 0.25) is 0 Å². The van der Waals surface area contributed by atoms with Gasteiger partial charge in [-0.3, -0.25) is 4.98 Å². The Morgan fingerprint density at radius 1 is 0.696 bits per heavy atom. The number of aromatic nitrogens is 1. The lowest BCUT2D eigenvalue weighted by atomic mass is 9.95. The SMILES string of the molecule is Oc1ccc(-c2cnc(-c3ccc(O)cc3)c3c2CCC3)cc1. The van der Waals surface area contributed by atoms with E-state index in [0.29, 0.717) is 0 Å². The van der Waals surface area contributed by atoms with E-state index in [1.54, 1.807) is 24.3 Å². The van der Waals surface area contributed by atoms with Crippen LogP contribution in [-0.2, 0) is 12.8 Å². The monoisotopic (exact) mass is 303 g/mol. The van der Waals surface area contributed by atoms with Crippen molar-refractivity contribution < 1.29 is 10.2 Å². The van der Waals surface area contributed by atoms with Crippen molar-refractivity contribution in [2.45, 2.75) is 19.3 Å². The molecular weight excluding hydrogens is 286 g/mol. The summed E-state index contributed by atoms with van der Waals surface area (Å²) in [4.78, 5) is 4.70. The van der Waals surface area contributed by atoms with E-state index in [0.717, 1.165) is 41.6 Å². The number of nitrogens with zero attached hydrogens (tertiary/aromatic N) is 1. The number of hydrogen-bond donors (Lipinski definition) is 2. The molecule has 1 aromatic heterocycles. The standard InChI is InChI=1S/C20H17NO2/c22-15-8-4-13(5-9-15)19-12-21-20(18-3-1-2-17(18)19)14-6-10-16(23)11-7-14/h4-12,22-23H,1-3H2. The Morgan fingerprint density at radius 3 is 1.91 bits per heavy atom. The first kappa shape index (κ1) is 13.8. The third-order valence-corrected chi connectivity index (χ3v) is 4.47. The zero-order chi connectivity index (χ0) is 15.8. The van der Waals surface area contributed by atoms with Gasteiger partial charge in [-0.1, -0.05) is 12.1 Å². The molecule has 1 aliphatic rings. The van der Waals surface area contributed by atoms with E-state index in [-0.39, 0.29) is 11.5 Å². The molecule has 3 nitrogen and oxygen atoms in total. The van der Waals surface area contributed by atoms with Crippen LogP contribution in [0.15, 0.2) is 54.7 Å². The Balaban J connectivity index is 1.85. The summed E-state index contributed by atoms with van der Waals surface area (Å²) in [5, 5.41) is 18.9. The van der Waals surface area contributed by atoms with Crippen molar-refractivity contribution in [1.29, 1.82) is 0 Å². The van der Waals surface area contributed by atoms with Crippen LogP contribution in [0.5, 0.6) is 11.5 Å². The minimum atomic E-state index is 0.270. The molecule has 0 saturated heterocycles. The van der Waals surface area contributed by atoms with Crippen LogP contribution in [0.1, 0.15) is 17.5 Å². The third-order valence-electron chi connectivity index (χ3n) is 4.47. The van der Waals surface area contributed by atoms with Gasteiger partial charge in [-0.2, -0.15) is 0 Å². The van der Waals surface area contributed by atoms with Gasteiger partial charge in [-0.25, -0.2) is 0 Å². The van der Waals surface area contributed by atoms with Crippen LogP contribution in [0.4, 0.5) is 0 Å². The van der Waals surface area contributed by atoms with E-state index in [9.17, 15) is 10.2 Å². The van der Waals surface area contributed by atoms with Gasteiger partial charge in [0.05, 0.1) is 5.69 Å². The molecule has 0 atom stereocenters. The molecule has 1 aliphatic carbocycles. The average molecular weight is 303 g/mol. The van der Waals surface area contributed by atoms with Gasteiger partial charge in [0.1, 0.15) is 11.5 Å². The summed E-state index contributed by atoms with van der Waals surface area (Å²) in [5.41, 5.74) is 6.96. The molecule has 0 saturated carbocycles. The molecule has 2 aromatic carbocycles. The molecule has 1 heterocycles. The number of phenols is 2. The first-order chi connectivity index (χ1) is 11.2. The quantitative estimate of drug-likeness (QED) is 0.741. The van der Waals surface area contributed by atoms with E-state index >= 15 is 0 Å².